The fourth-order valence-corrected chi connectivity index (χ4v) is 2.82. The van der Waals surface area contributed by atoms with Crippen LogP contribution in [-0.2, 0) is 17.5 Å². The van der Waals surface area contributed by atoms with Gasteiger partial charge in [-0.25, -0.2) is 4.98 Å². The number of aromatic nitrogens is 1. The molecule has 0 spiro atoms. The number of nitrogens with zero attached hydrogens (tertiary/aromatic N) is 1. The van der Waals surface area contributed by atoms with Crippen LogP contribution in [-0.4, -0.2) is 16.0 Å². The molecular formula is C23H27N3O2S. The zero-order chi connectivity index (χ0) is 29.5. The highest BCUT2D eigenvalue weighted by molar-refractivity contribution is 7.13. The van der Waals surface area contributed by atoms with Crippen molar-refractivity contribution >= 4 is 28.1 Å². The van der Waals surface area contributed by atoms with Gasteiger partial charge in [0, 0.05) is 19.3 Å². The maximum absolute atomic E-state index is 12.5. The summed E-state index contributed by atoms with van der Waals surface area (Å²) < 4.78 is 81.7. The van der Waals surface area contributed by atoms with Crippen molar-refractivity contribution in [1.82, 2.24) is 4.98 Å². The van der Waals surface area contributed by atoms with Gasteiger partial charge in [0.2, 0.25) is 5.91 Å². The number of carbonyl (C=O) groups is 1. The van der Waals surface area contributed by atoms with Crippen molar-refractivity contribution in [2.45, 2.75) is 45.0 Å². The number of hydrogen-bond donors (Lipinski definition) is 3. The van der Waals surface area contributed by atoms with Gasteiger partial charge in [-0.15, -0.1) is 11.3 Å². The van der Waals surface area contributed by atoms with Crippen LogP contribution in [0, 0.1) is 6.92 Å². The number of hydrogen-bond acceptors (Lipinski definition) is 5. The highest BCUT2D eigenvalue weighted by Gasteiger charge is 2.08. The maximum atomic E-state index is 12.5. The lowest BCUT2D eigenvalue weighted by Crippen LogP contribution is -2.14. The monoisotopic (exact) mass is 419 g/mol. The van der Waals surface area contributed by atoms with Crippen molar-refractivity contribution in [2.75, 3.05) is 11.1 Å². The molecule has 3 rings (SSSR count). The summed E-state index contributed by atoms with van der Waals surface area (Å²) in [7, 11) is 0. The minimum Gasteiger partial charge on any atom is -0.388 e. The van der Waals surface area contributed by atoms with Crippen molar-refractivity contribution in [1.29, 1.82) is 0 Å². The number of anilines is 2. The fourth-order valence-electron chi connectivity index (χ4n) is 2.33. The maximum Gasteiger partial charge on any atom is 0.230 e. The van der Waals surface area contributed by atoms with Crippen LogP contribution in [0.15, 0.2) is 53.8 Å². The minimum absolute atomic E-state index is 0.0742. The molecule has 2 aromatic carbocycles. The Kier molecular flexibility index (Phi) is 4.03. The molecule has 0 saturated heterocycles. The normalized spacial score (nSPS) is 18.4. The molecule has 0 fully saturated rings. The Morgan fingerprint density at radius 1 is 1.31 bits per heavy atom. The SMILES string of the molecule is [2H]c1c([2H])c([C@@H](O)CCC([2H])([2H])C([2H])([2H])c2ccc(NC(=O)C([2H])([2H])c3csc(N)n3)cc2)c([2H])c([2H])c1C. The van der Waals surface area contributed by atoms with Gasteiger partial charge in [0.25, 0.3) is 0 Å². The Bertz CT molecular complexity index is 1350. The van der Waals surface area contributed by atoms with E-state index in [-0.39, 0.29) is 51.7 Å². The Labute approximate surface area is 189 Å². The molecule has 1 atom stereocenters. The predicted molar refractivity (Wildman–Crippen MR) is 119 cm³/mol. The molecule has 5 nitrogen and oxygen atoms in total. The van der Waals surface area contributed by atoms with Crippen LogP contribution in [0.2, 0.25) is 0 Å². The molecule has 1 heterocycles. The summed E-state index contributed by atoms with van der Waals surface area (Å²) in [6.07, 6.45) is -9.99. The Hall–Kier alpha value is -2.70. The van der Waals surface area contributed by atoms with Crippen molar-refractivity contribution in [3.8, 4) is 0 Å². The first-order chi connectivity index (χ1) is 17.9. The van der Waals surface area contributed by atoms with Gasteiger partial charge < -0.3 is 16.2 Å². The third-order valence-electron chi connectivity index (χ3n) is 3.78. The van der Waals surface area contributed by atoms with Gasteiger partial charge in [0.05, 0.1) is 23.7 Å². The number of carbonyl (C=O) groups excluding carboxylic acids is 1. The highest BCUT2D eigenvalue weighted by Crippen LogP contribution is 2.21. The molecule has 0 radical (unpaired) electrons. The second-order valence-electron chi connectivity index (χ2n) is 6.12. The number of amides is 1. The number of nitrogens with one attached hydrogen (secondary N) is 1. The van der Waals surface area contributed by atoms with Gasteiger partial charge in [-0.2, -0.15) is 0 Å². The van der Waals surface area contributed by atoms with Crippen LogP contribution in [0.4, 0.5) is 10.8 Å². The summed E-state index contributed by atoms with van der Waals surface area (Å²) in [5.74, 6) is -1.02. The van der Waals surface area contributed by atoms with Gasteiger partial charge in [-0.1, -0.05) is 48.3 Å². The van der Waals surface area contributed by atoms with E-state index in [0.29, 0.717) is 0 Å². The molecule has 1 aromatic heterocycles. The molecule has 0 unspecified atom stereocenters. The van der Waals surface area contributed by atoms with Crippen LogP contribution < -0.4 is 11.1 Å². The highest BCUT2D eigenvalue weighted by atomic mass is 32.1. The van der Waals surface area contributed by atoms with E-state index in [1.165, 1.54) is 36.6 Å². The first kappa shape index (κ1) is 11.5. The van der Waals surface area contributed by atoms with Crippen LogP contribution in [0.3, 0.4) is 0 Å². The number of aryl methyl sites for hydroxylation is 1. The van der Waals surface area contributed by atoms with E-state index < -0.39 is 49.6 Å². The number of aliphatic hydroxyl groups is 1. The average molecular weight is 420 g/mol. The Morgan fingerprint density at radius 3 is 2.69 bits per heavy atom. The summed E-state index contributed by atoms with van der Waals surface area (Å²) in [5, 5.41) is 14.4. The lowest BCUT2D eigenvalue weighted by molar-refractivity contribution is -0.115. The molecule has 29 heavy (non-hydrogen) atoms. The number of nitrogens with two attached hydrogens (primary N) is 1. The van der Waals surface area contributed by atoms with Crippen LogP contribution >= 0.6 is 11.3 Å². The van der Waals surface area contributed by atoms with Gasteiger partial charge >= 0.3 is 0 Å². The summed E-state index contributed by atoms with van der Waals surface area (Å²) >= 11 is 0.988. The molecule has 0 bridgehead atoms. The number of thiazole rings is 1. The Morgan fingerprint density at radius 2 is 2.03 bits per heavy atom. The molecule has 4 N–H and O–H groups in total. The molecule has 1 amide bonds. The summed E-state index contributed by atoms with van der Waals surface area (Å²) in [6, 6.07) is 3.65. The van der Waals surface area contributed by atoms with Gasteiger partial charge in [0.15, 0.2) is 5.13 Å². The van der Waals surface area contributed by atoms with E-state index in [0.717, 1.165) is 11.3 Å². The standard InChI is InChI=1S/C23H27N3O2S/c1-16-6-10-18(11-7-16)21(27)5-3-2-4-17-8-12-19(13-9-17)25-22(28)14-20-15-29-23(24)26-20/h6-13,15,21,27H,2-5,14H2,1H3,(H2,24,26)(H,25,28)/t21-/m0/s1/i2D2,4D2,6D,7D,10D,11D,14D2. The first-order valence-corrected chi connectivity index (χ1v) is 9.68. The number of nitrogen functional groups attached to an aromatic ring is 1. The van der Waals surface area contributed by atoms with Crippen LogP contribution in [0.5, 0.6) is 0 Å². The third kappa shape index (κ3) is 6.69. The molecule has 6 heteroatoms. The van der Waals surface area contributed by atoms with E-state index in [1.807, 2.05) is 0 Å². The zero-order valence-corrected chi connectivity index (χ0v) is 16.5. The van der Waals surface area contributed by atoms with Gasteiger partial charge in [-0.3, -0.25) is 4.79 Å². The number of aliphatic hydroxyl groups excluding tert-OH is 1. The Balaban J connectivity index is 1.73. The first-order valence-electron chi connectivity index (χ1n) is 13.8. The lowest BCUT2D eigenvalue weighted by Gasteiger charge is -2.11. The summed E-state index contributed by atoms with van der Waals surface area (Å²) in [6.45, 7) is 1.42. The predicted octanol–water partition coefficient (Wildman–Crippen LogP) is 4.66. The molecule has 0 aliphatic rings. The van der Waals surface area contributed by atoms with E-state index in [9.17, 15) is 9.90 Å². The second kappa shape index (κ2) is 10.2. The average Bonchev–Trinajstić information content (AvgIpc) is 3.32. The van der Waals surface area contributed by atoms with Crippen molar-refractivity contribution < 1.29 is 23.6 Å². The fraction of sp³-hybridized carbons (Fsp3) is 0.304. The third-order valence-corrected chi connectivity index (χ3v) is 4.46. The smallest absolute Gasteiger partial charge is 0.230 e. The van der Waals surface area contributed by atoms with Crippen molar-refractivity contribution in [3.63, 3.8) is 0 Å². The van der Waals surface area contributed by atoms with Crippen LogP contribution in [0.1, 0.15) is 61.4 Å². The zero-order valence-electron chi connectivity index (χ0n) is 25.7. The molecule has 0 aliphatic heterocycles. The summed E-state index contributed by atoms with van der Waals surface area (Å²) in [4.78, 5) is 16.3. The second-order valence-corrected chi connectivity index (χ2v) is 7.01. The molecule has 0 aliphatic carbocycles. The number of benzene rings is 2. The van der Waals surface area contributed by atoms with Gasteiger partial charge in [-0.05, 0) is 49.4 Å². The van der Waals surface area contributed by atoms with Gasteiger partial charge in [0.1, 0.15) is 0 Å². The largest absolute Gasteiger partial charge is 0.388 e. The minimum atomic E-state index is -2.57. The lowest BCUT2D eigenvalue weighted by atomic mass is 10.0. The summed E-state index contributed by atoms with van der Waals surface area (Å²) in [5.41, 5.74) is 5.29. The van der Waals surface area contributed by atoms with E-state index in [2.05, 4.69) is 10.3 Å². The molecular weight excluding hydrogens is 382 g/mol. The van der Waals surface area contributed by atoms with E-state index in [4.69, 9.17) is 19.4 Å². The molecule has 3 aromatic rings. The molecule has 152 valence electrons. The quantitative estimate of drug-likeness (QED) is 0.471. The van der Waals surface area contributed by atoms with Crippen molar-refractivity contribution in [2.24, 2.45) is 0 Å². The van der Waals surface area contributed by atoms with E-state index >= 15 is 0 Å². The van der Waals surface area contributed by atoms with E-state index in [1.54, 1.807) is 0 Å². The molecule has 0 saturated carbocycles. The topological polar surface area (TPSA) is 88.2 Å². The number of rotatable bonds is 9. The van der Waals surface area contributed by atoms with Crippen molar-refractivity contribution in [3.05, 3.63) is 76.2 Å². The van der Waals surface area contributed by atoms with Crippen LogP contribution in [0.25, 0.3) is 0 Å².